The van der Waals surface area contributed by atoms with Crippen LogP contribution in [0.4, 0.5) is 0 Å². The molecule has 0 aliphatic rings. The van der Waals surface area contributed by atoms with Gasteiger partial charge in [-0.25, -0.2) is 0 Å². The van der Waals surface area contributed by atoms with E-state index in [1.807, 2.05) is 0 Å². The maximum absolute atomic E-state index is 4.04. The molecule has 0 N–H and O–H groups in total. The van der Waals surface area contributed by atoms with Crippen molar-refractivity contribution >= 4 is 0 Å². The summed E-state index contributed by atoms with van der Waals surface area (Å²) in [7, 11) is 0. The summed E-state index contributed by atoms with van der Waals surface area (Å²) in [5, 5.41) is 0. The van der Waals surface area contributed by atoms with E-state index in [0.717, 1.165) is 17.8 Å². The summed E-state index contributed by atoms with van der Waals surface area (Å²) in [6.45, 7) is 17.9. The standard InChI is InChI=1S/C15H30/c1-11(2)8-13(5)9-14(6)10-15(7)12(3)4/h11,13-15H,3,8-10H2,1-2,4-7H3. The zero-order chi connectivity index (χ0) is 12.0. The van der Waals surface area contributed by atoms with Gasteiger partial charge in [-0.2, -0.15) is 0 Å². The van der Waals surface area contributed by atoms with Crippen LogP contribution in [0.5, 0.6) is 0 Å². The Morgan fingerprint density at radius 1 is 0.867 bits per heavy atom. The largest absolute Gasteiger partial charge is 0.0999 e. The van der Waals surface area contributed by atoms with Crippen molar-refractivity contribution in [2.75, 3.05) is 0 Å². The Hall–Kier alpha value is -0.260. The van der Waals surface area contributed by atoms with E-state index in [0.29, 0.717) is 5.92 Å². The smallest absolute Gasteiger partial charge is 0.0235 e. The molecule has 3 atom stereocenters. The maximum atomic E-state index is 4.04. The van der Waals surface area contributed by atoms with Gasteiger partial charge in [0.2, 0.25) is 0 Å². The molecule has 0 aromatic carbocycles. The molecule has 0 heteroatoms. The summed E-state index contributed by atoms with van der Waals surface area (Å²) in [5.41, 5.74) is 1.33. The topological polar surface area (TPSA) is 0 Å². The Morgan fingerprint density at radius 2 is 1.33 bits per heavy atom. The van der Waals surface area contributed by atoms with E-state index in [1.165, 1.54) is 24.8 Å². The van der Waals surface area contributed by atoms with Crippen LogP contribution in [0.3, 0.4) is 0 Å². The Balaban J connectivity index is 3.82. The second-order valence-corrected chi connectivity index (χ2v) is 6.06. The van der Waals surface area contributed by atoms with E-state index >= 15 is 0 Å². The van der Waals surface area contributed by atoms with Crippen molar-refractivity contribution in [2.45, 2.75) is 60.8 Å². The zero-order valence-corrected chi connectivity index (χ0v) is 11.6. The lowest BCUT2D eigenvalue weighted by molar-refractivity contribution is 0.325. The van der Waals surface area contributed by atoms with Crippen LogP contribution in [-0.4, -0.2) is 0 Å². The fourth-order valence-electron chi connectivity index (χ4n) is 2.49. The SMILES string of the molecule is C=C(C)C(C)CC(C)CC(C)CC(C)C. The van der Waals surface area contributed by atoms with Gasteiger partial charge in [0.05, 0.1) is 0 Å². The van der Waals surface area contributed by atoms with Gasteiger partial charge in [0.25, 0.3) is 0 Å². The third-order valence-electron chi connectivity index (χ3n) is 3.28. The second kappa shape index (κ2) is 7.09. The van der Waals surface area contributed by atoms with Crippen molar-refractivity contribution in [3.05, 3.63) is 12.2 Å². The lowest BCUT2D eigenvalue weighted by atomic mass is 9.84. The van der Waals surface area contributed by atoms with Crippen LogP contribution in [0.2, 0.25) is 0 Å². The van der Waals surface area contributed by atoms with Gasteiger partial charge in [-0.3, -0.25) is 0 Å². The molecule has 3 unspecified atom stereocenters. The van der Waals surface area contributed by atoms with Crippen LogP contribution in [0.25, 0.3) is 0 Å². The quantitative estimate of drug-likeness (QED) is 0.500. The molecule has 0 aromatic rings. The predicted octanol–water partition coefficient (Wildman–Crippen LogP) is 5.30. The minimum atomic E-state index is 0.686. The molecule has 0 bridgehead atoms. The lowest BCUT2D eigenvalue weighted by Crippen LogP contribution is -2.09. The molecule has 0 radical (unpaired) electrons. The molecule has 0 spiro atoms. The highest BCUT2D eigenvalue weighted by Gasteiger charge is 2.13. The highest BCUT2D eigenvalue weighted by Crippen LogP contribution is 2.25. The van der Waals surface area contributed by atoms with E-state index in [1.54, 1.807) is 0 Å². The van der Waals surface area contributed by atoms with Gasteiger partial charge in [-0.05, 0) is 49.9 Å². The van der Waals surface area contributed by atoms with E-state index in [4.69, 9.17) is 0 Å². The minimum Gasteiger partial charge on any atom is -0.0999 e. The third kappa shape index (κ3) is 7.64. The summed E-state index contributed by atoms with van der Waals surface area (Å²) < 4.78 is 0. The molecule has 90 valence electrons. The molecule has 0 saturated heterocycles. The van der Waals surface area contributed by atoms with Crippen LogP contribution in [0.1, 0.15) is 60.8 Å². The number of hydrogen-bond acceptors (Lipinski definition) is 0. The second-order valence-electron chi connectivity index (χ2n) is 6.06. The van der Waals surface area contributed by atoms with Gasteiger partial charge in [0.15, 0.2) is 0 Å². The minimum absolute atomic E-state index is 0.686. The normalized spacial score (nSPS) is 17.5. The van der Waals surface area contributed by atoms with Crippen molar-refractivity contribution in [3.8, 4) is 0 Å². The third-order valence-corrected chi connectivity index (χ3v) is 3.28. The first-order valence-electron chi connectivity index (χ1n) is 6.48. The van der Waals surface area contributed by atoms with Gasteiger partial charge in [-0.1, -0.05) is 46.8 Å². The van der Waals surface area contributed by atoms with Crippen LogP contribution in [0.15, 0.2) is 12.2 Å². The highest BCUT2D eigenvalue weighted by atomic mass is 14.2. The zero-order valence-electron chi connectivity index (χ0n) is 11.6. The average Bonchev–Trinajstić information content (AvgIpc) is 2.00. The first-order chi connectivity index (χ1) is 6.82. The van der Waals surface area contributed by atoms with Crippen LogP contribution in [-0.2, 0) is 0 Å². The average molecular weight is 210 g/mol. The Bertz CT molecular complexity index is 178. The van der Waals surface area contributed by atoms with Gasteiger partial charge < -0.3 is 0 Å². The Morgan fingerprint density at radius 3 is 1.73 bits per heavy atom. The van der Waals surface area contributed by atoms with Gasteiger partial charge in [0.1, 0.15) is 0 Å². The fourth-order valence-corrected chi connectivity index (χ4v) is 2.49. The van der Waals surface area contributed by atoms with Crippen LogP contribution >= 0.6 is 0 Å². The number of allylic oxidation sites excluding steroid dienone is 1. The Kier molecular flexibility index (Phi) is 6.96. The maximum Gasteiger partial charge on any atom is -0.0235 e. The summed E-state index contributed by atoms with van der Waals surface area (Å²) in [6, 6.07) is 0. The first-order valence-corrected chi connectivity index (χ1v) is 6.48. The first kappa shape index (κ1) is 14.7. The van der Waals surface area contributed by atoms with Crippen molar-refractivity contribution in [2.24, 2.45) is 23.7 Å². The molecule has 0 aromatic heterocycles. The molecular weight excluding hydrogens is 180 g/mol. The molecule has 0 saturated carbocycles. The lowest BCUT2D eigenvalue weighted by Gasteiger charge is -2.21. The Labute approximate surface area is 97.2 Å². The summed E-state index contributed by atoms with van der Waals surface area (Å²) in [4.78, 5) is 0. The summed E-state index contributed by atoms with van der Waals surface area (Å²) in [6.07, 6.45) is 4.04. The van der Waals surface area contributed by atoms with E-state index in [9.17, 15) is 0 Å². The van der Waals surface area contributed by atoms with E-state index in [2.05, 4.69) is 48.1 Å². The molecule has 0 nitrogen and oxygen atoms in total. The summed E-state index contributed by atoms with van der Waals surface area (Å²) in [5.74, 6) is 3.24. The van der Waals surface area contributed by atoms with E-state index in [-0.39, 0.29) is 0 Å². The van der Waals surface area contributed by atoms with E-state index < -0.39 is 0 Å². The van der Waals surface area contributed by atoms with Crippen molar-refractivity contribution in [1.29, 1.82) is 0 Å². The molecule has 15 heavy (non-hydrogen) atoms. The predicted molar refractivity (Wildman–Crippen MR) is 71.0 cm³/mol. The number of hydrogen-bond donors (Lipinski definition) is 0. The van der Waals surface area contributed by atoms with Gasteiger partial charge >= 0.3 is 0 Å². The highest BCUT2D eigenvalue weighted by molar-refractivity contribution is 4.94. The molecular formula is C15H30. The fraction of sp³-hybridized carbons (Fsp3) is 0.867. The molecule has 0 aliphatic carbocycles. The van der Waals surface area contributed by atoms with Crippen LogP contribution in [0, 0.1) is 23.7 Å². The summed E-state index contributed by atoms with van der Waals surface area (Å²) >= 11 is 0. The van der Waals surface area contributed by atoms with Gasteiger partial charge in [0, 0.05) is 0 Å². The molecule has 0 amide bonds. The van der Waals surface area contributed by atoms with Crippen molar-refractivity contribution in [3.63, 3.8) is 0 Å². The van der Waals surface area contributed by atoms with Crippen LogP contribution < -0.4 is 0 Å². The number of rotatable bonds is 7. The molecule has 0 aliphatic heterocycles. The molecule has 0 heterocycles. The monoisotopic (exact) mass is 210 g/mol. The van der Waals surface area contributed by atoms with Crippen molar-refractivity contribution in [1.82, 2.24) is 0 Å². The van der Waals surface area contributed by atoms with Crippen molar-refractivity contribution < 1.29 is 0 Å². The molecule has 0 fully saturated rings. The molecule has 0 rings (SSSR count). The van der Waals surface area contributed by atoms with Gasteiger partial charge in [-0.15, -0.1) is 0 Å².